The molecule has 0 atom stereocenters. The van der Waals surface area contributed by atoms with Crippen molar-refractivity contribution in [2.45, 2.75) is 39.0 Å². The number of methoxy groups -OCH3 is 1. The zero-order chi connectivity index (χ0) is 18.5. The van der Waals surface area contributed by atoms with Crippen LogP contribution in [-0.4, -0.2) is 25.6 Å². The highest BCUT2D eigenvalue weighted by Crippen LogP contribution is 2.38. The lowest BCUT2D eigenvalue weighted by Crippen LogP contribution is -2.14. The first-order chi connectivity index (χ1) is 12.6. The van der Waals surface area contributed by atoms with Gasteiger partial charge in [0.05, 0.1) is 19.3 Å². The molecule has 0 aliphatic heterocycles. The van der Waals surface area contributed by atoms with E-state index in [1.54, 1.807) is 7.11 Å². The Morgan fingerprint density at radius 3 is 2.58 bits per heavy atom. The lowest BCUT2D eigenvalue weighted by molar-refractivity contribution is -0.114. The van der Waals surface area contributed by atoms with Gasteiger partial charge in [0.15, 0.2) is 0 Å². The summed E-state index contributed by atoms with van der Waals surface area (Å²) in [6, 6.07) is 7.70. The van der Waals surface area contributed by atoms with Gasteiger partial charge in [0, 0.05) is 18.2 Å². The fourth-order valence-corrected chi connectivity index (χ4v) is 4.48. The van der Waals surface area contributed by atoms with Crippen molar-refractivity contribution >= 4 is 28.2 Å². The van der Waals surface area contributed by atoms with Crippen molar-refractivity contribution in [1.82, 2.24) is 0 Å². The third-order valence-electron chi connectivity index (χ3n) is 4.45. The summed E-state index contributed by atoms with van der Waals surface area (Å²) in [5.74, 6) is 0.285. The van der Waals surface area contributed by atoms with E-state index in [-0.39, 0.29) is 11.9 Å². The van der Waals surface area contributed by atoms with Crippen LogP contribution in [0.4, 0.5) is 5.00 Å². The van der Waals surface area contributed by atoms with E-state index in [0.717, 1.165) is 42.6 Å². The van der Waals surface area contributed by atoms with Gasteiger partial charge >= 0.3 is 5.97 Å². The molecular formula is C20H23NO4S. The Bertz CT molecular complexity index is 795. The van der Waals surface area contributed by atoms with Crippen LogP contribution in [-0.2, 0) is 28.8 Å². The summed E-state index contributed by atoms with van der Waals surface area (Å²) in [6.45, 7) is 1.76. The molecule has 1 aliphatic rings. The van der Waals surface area contributed by atoms with Gasteiger partial charge in [-0.25, -0.2) is 4.79 Å². The number of carbonyl (C=O) groups is 2. The van der Waals surface area contributed by atoms with Crippen molar-refractivity contribution in [3.05, 3.63) is 45.8 Å². The van der Waals surface area contributed by atoms with E-state index in [1.165, 1.54) is 23.1 Å². The summed E-state index contributed by atoms with van der Waals surface area (Å²) in [6.07, 6.45) is 4.66. The second-order valence-electron chi connectivity index (χ2n) is 6.33. The van der Waals surface area contributed by atoms with E-state index in [0.29, 0.717) is 23.6 Å². The molecule has 1 N–H and O–H groups in total. The number of ether oxygens (including phenoxy) is 2. The van der Waals surface area contributed by atoms with Crippen molar-refractivity contribution in [3.63, 3.8) is 0 Å². The minimum Gasteiger partial charge on any atom is -0.497 e. The van der Waals surface area contributed by atoms with Crippen LogP contribution in [0, 0.1) is 0 Å². The Morgan fingerprint density at radius 2 is 1.88 bits per heavy atom. The fraction of sp³-hybridized carbons (Fsp3) is 0.400. The van der Waals surface area contributed by atoms with Crippen LogP contribution in [0.1, 0.15) is 46.1 Å². The minimum absolute atomic E-state index is 0.170. The van der Waals surface area contributed by atoms with Crippen LogP contribution in [0.15, 0.2) is 24.3 Å². The van der Waals surface area contributed by atoms with Crippen LogP contribution in [0.5, 0.6) is 5.75 Å². The molecule has 6 heteroatoms. The third-order valence-corrected chi connectivity index (χ3v) is 5.66. The highest BCUT2D eigenvalue weighted by Gasteiger charge is 2.26. The van der Waals surface area contributed by atoms with E-state index in [1.807, 2.05) is 24.3 Å². The van der Waals surface area contributed by atoms with Crippen LogP contribution >= 0.6 is 11.3 Å². The zero-order valence-corrected chi connectivity index (χ0v) is 15.9. The summed E-state index contributed by atoms with van der Waals surface area (Å²) in [4.78, 5) is 25.4. The average Bonchev–Trinajstić information content (AvgIpc) is 2.99. The quantitative estimate of drug-likeness (QED) is 0.778. The summed E-state index contributed by atoms with van der Waals surface area (Å²) >= 11 is 1.51. The molecule has 0 fully saturated rings. The van der Waals surface area contributed by atoms with Crippen LogP contribution in [0.2, 0.25) is 0 Å². The summed E-state index contributed by atoms with van der Waals surface area (Å²) in [7, 11) is 1.63. The van der Waals surface area contributed by atoms with Crippen molar-refractivity contribution in [2.24, 2.45) is 0 Å². The molecule has 1 aromatic carbocycles. The molecule has 2 aromatic rings. The number of esters is 1. The normalized spacial score (nSPS) is 13.0. The third kappa shape index (κ3) is 4.25. The number of carbonyl (C=O) groups excluding carboxylic acids is 2. The molecule has 1 aliphatic carbocycles. The maximum atomic E-state index is 12.7. The molecule has 0 unspecified atom stereocenters. The molecule has 0 saturated carbocycles. The number of fused-ring (bicyclic) bond motifs is 1. The molecule has 0 spiro atoms. The largest absolute Gasteiger partial charge is 0.497 e. The fourth-order valence-electron chi connectivity index (χ4n) is 3.16. The Balaban J connectivity index is 1.68. The van der Waals surface area contributed by atoms with Gasteiger partial charge in [-0.05, 0) is 48.9 Å². The average molecular weight is 373 g/mol. The summed E-state index contributed by atoms with van der Waals surface area (Å²) < 4.78 is 10.7. The lowest BCUT2D eigenvalue weighted by Gasteiger charge is -2.13. The SMILES string of the molecule is COc1ccc(CCOC(=O)c2c(NC(C)=O)sc3c2CCCC3)cc1. The number of nitrogens with one attached hydrogen (secondary N) is 1. The van der Waals surface area contributed by atoms with Gasteiger partial charge in [0.25, 0.3) is 0 Å². The number of anilines is 1. The number of benzene rings is 1. The molecule has 0 radical (unpaired) electrons. The molecule has 138 valence electrons. The number of hydrogen-bond donors (Lipinski definition) is 1. The first-order valence-corrected chi connectivity index (χ1v) is 9.62. The molecule has 26 heavy (non-hydrogen) atoms. The Hall–Kier alpha value is -2.34. The molecule has 0 saturated heterocycles. The molecule has 1 amide bonds. The maximum absolute atomic E-state index is 12.7. The number of amides is 1. The Morgan fingerprint density at radius 1 is 1.15 bits per heavy atom. The smallest absolute Gasteiger partial charge is 0.341 e. The first kappa shape index (κ1) is 18.5. The minimum atomic E-state index is -0.346. The summed E-state index contributed by atoms with van der Waals surface area (Å²) in [5.41, 5.74) is 2.68. The first-order valence-electron chi connectivity index (χ1n) is 8.80. The van der Waals surface area contributed by atoms with E-state index >= 15 is 0 Å². The molecule has 1 heterocycles. The highest BCUT2D eigenvalue weighted by atomic mass is 32.1. The van der Waals surface area contributed by atoms with Crippen molar-refractivity contribution in [1.29, 1.82) is 0 Å². The van der Waals surface area contributed by atoms with Crippen molar-refractivity contribution < 1.29 is 19.1 Å². The predicted octanol–water partition coefficient (Wildman–Crippen LogP) is 3.99. The standard InChI is InChI=1S/C20H23NO4S/c1-13(22)21-19-18(16-5-3-4-6-17(16)26-19)20(23)25-12-11-14-7-9-15(24-2)10-8-14/h7-10H,3-6,11-12H2,1-2H3,(H,21,22). The highest BCUT2D eigenvalue weighted by molar-refractivity contribution is 7.17. The molecule has 5 nitrogen and oxygen atoms in total. The van der Waals surface area contributed by atoms with E-state index in [4.69, 9.17) is 9.47 Å². The maximum Gasteiger partial charge on any atom is 0.341 e. The second-order valence-corrected chi connectivity index (χ2v) is 7.44. The van der Waals surface area contributed by atoms with Gasteiger partial charge in [-0.1, -0.05) is 12.1 Å². The van der Waals surface area contributed by atoms with E-state index in [9.17, 15) is 9.59 Å². The molecule has 0 bridgehead atoms. The number of hydrogen-bond acceptors (Lipinski definition) is 5. The second kappa shape index (κ2) is 8.36. The summed E-state index contributed by atoms with van der Waals surface area (Å²) in [5, 5.41) is 3.42. The lowest BCUT2D eigenvalue weighted by atomic mass is 9.95. The molecular weight excluding hydrogens is 350 g/mol. The predicted molar refractivity (Wildman–Crippen MR) is 102 cm³/mol. The van der Waals surface area contributed by atoms with E-state index in [2.05, 4.69) is 5.32 Å². The van der Waals surface area contributed by atoms with Gasteiger partial charge < -0.3 is 14.8 Å². The van der Waals surface area contributed by atoms with Crippen LogP contribution in [0.3, 0.4) is 0 Å². The van der Waals surface area contributed by atoms with Gasteiger partial charge in [0.1, 0.15) is 10.8 Å². The van der Waals surface area contributed by atoms with Gasteiger partial charge in [-0.15, -0.1) is 11.3 Å². The number of rotatable bonds is 6. The molecule has 1 aromatic heterocycles. The van der Waals surface area contributed by atoms with Crippen LogP contribution in [0.25, 0.3) is 0 Å². The monoisotopic (exact) mass is 373 g/mol. The topological polar surface area (TPSA) is 64.6 Å². The van der Waals surface area contributed by atoms with E-state index < -0.39 is 0 Å². The van der Waals surface area contributed by atoms with Crippen molar-refractivity contribution in [2.75, 3.05) is 19.0 Å². The number of thiophene rings is 1. The van der Waals surface area contributed by atoms with Crippen molar-refractivity contribution in [3.8, 4) is 5.75 Å². The van der Waals surface area contributed by atoms with Gasteiger partial charge in [0.2, 0.25) is 5.91 Å². The number of aryl methyl sites for hydroxylation is 1. The Kier molecular flexibility index (Phi) is 5.93. The van der Waals surface area contributed by atoms with Gasteiger partial charge in [-0.2, -0.15) is 0 Å². The Labute approximate surface area is 157 Å². The zero-order valence-electron chi connectivity index (χ0n) is 15.1. The molecule has 3 rings (SSSR count). The van der Waals surface area contributed by atoms with Crippen LogP contribution < -0.4 is 10.1 Å². The van der Waals surface area contributed by atoms with Gasteiger partial charge in [-0.3, -0.25) is 4.79 Å².